The van der Waals surface area contributed by atoms with Gasteiger partial charge in [-0.05, 0) is 30.4 Å². The van der Waals surface area contributed by atoms with Gasteiger partial charge in [0.15, 0.2) is 0 Å². The first-order chi connectivity index (χ1) is 9.16. The second kappa shape index (κ2) is 6.71. The SMILES string of the molecule is CC(CNCC1CC1C)C(=O)OCc1ccccc1. The minimum absolute atomic E-state index is 0.0854. The van der Waals surface area contributed by atoms with E-state index in [0.29, 0.717) is 13.2 Å². The molecule has 0 heterocycles. The number of esters is 1. The highest BCUT2D eigenvalue weighted by Crippen LogP contribution is 2.36. The lowest BCUT2D eigenvalue weighted by Gasteiger charge is -2.12. The fourth-order valence-electron chi connectivity index (χ4n) is 2.12. The van der Waals surface area contributed by atoms with Crippen LogP contribution in [0.2, 0.25) is 0 Å². The van der Waals surface area contributed by atoms with E-state index in [9.17, 15) is 4.79 Å². The molecule has 1 saturated carbocycles. The maximum atomic E-state index is 11.8. The van der Waals surface area contributed by atoms with Gasteiger partial charge in [-0.2, -0.15) is 0 Å². The van der Waals surface area contributed by atoms with Crippen LogP contribution in [-0.4, -0.2) is 19.1 Å². The summed E-state index contributed by atoms with van der Waals surface area (Å²) in [5.74, 6) is 1.46. The highest BCUT2D eigenvalue weighted by molar-refractivity contribution is 5.72. The standard InChI is InChI=1S/C16H23NO2/c1-12-8-15(12)10-17-9-13(2)16(18)19-11-14-6-4-3-5-7-14/h3-7,12-13,15,17H,8-11H2,1-2H3. The molecule has 0 spiro atoms. The number of benzene rings is 1. The molecular formula is C16H23NO2. The van der Waals surface area contributed by atoms with E-state index in [0.717, 1.165) is 23.9 Å². The van der Waals surface area contributed by atoms with Crippen molar-refractivity contribution in [3.8, 4) is 0 Å². The van der Waals surface area contributed by atoms with Gasteiger partial charge in [0.25, 0.3) is 0 Å². The Labute approximate surface area is 115 Å². The van der Waals surface area contributed by atoms with Crippen molar-refractivity contribution in [1.29, 1.82) is 0 Å². The Balaban J connectivity index is 1.62. The molecule has 0 radical (unpaired) electrons. The van der Waals surface area contributed by atoms with Crippen LogP contribution in [0.25, 0.3) is 0 Å². The number of hydrogen-bond acceptors (Lipinski definition) is 3. The molecule has 0 aliphatic heterocycles. The Kier molecular flexibility index (Phi) is 4.97. The van der Waals surface area contributed by atoms with Crippen LogP contribution in [0.1, 0.15) is 25.8 Å². The summed E-state index contributed by atoms with van der Waals surface area (Å²) in [5, 5.41) is 3.36. The molecule has 1 aliphatic rings. The third kappa shape index (κ3) is 4.67. The molecule has 2 rings (SSSR count). The number of rotatable bonds is 7. The summed E-state index contributed by atoms with van der Waals surface area (Å²) in [7, 11) is 0. The molecule has 104 valence electrons. The zero-order valence-corrected chi connectivity index (χ0v) is 11.8. The van der Waals surface area contributed by atoms with Gasteiger partial charge in [-0.3, -0.25) is 4.79 Å². The summed E-state index contributed by atoms with van der Waals surface area (Å²) < 4.78 is 5.31. The summed E-state index contributed by atoms with van der Waals surface area (Å²) >= 11 is 0. The lowest BCUT2D eigenvalue weighted by atomic mass is 10.2. The second-order valence-electron chi connectivity index (χ2n) is 5.63. The predicted molar refractivity (Wildman–Crippen MR) is 75.5 cm³/mol. The van der Waals surface area contributed by atoms with Crippen LogP contribution in [0.3, 0.4) is 0 Å². The van der Waals surface area contributed by atoms with Gasteiger partial charge in [-0.15, -0.1) is 0 Å². The monoisotopic (exact) mass is 261 g/mol. The van der Waals surface area contributed by atoms with Gasteiger partial charge in [0, 0.05) is 6.54 Å². The van der Waals surface area contributed by atoms with E-state index in [2.05, 4.69) is 12.2 Å². The molecule has 1 N–H and O–H groups in total. The van der Waals surface area contributed by atoms with Gasteiger partial charge < -0.3 is 10.1 Å². The van der Waals surface area contributed by atoms with E-state index in [1.54, 1.807) is 0 Å². The van der Waals surface area contributed by atoms with Crippen LogP contribution in [-0.2, 0) is 16.1 Å². The van der Waals surface area contributed by atoms with Gasteiger partial charge >= 0.3 is 5.97 Å². The van der Waals surface area contributed by atoms with Crippen LogP contribution < -0.4 is 5.32 Å². The number of carbonyl (C=O) groups excluding carboxylic acids is 1. The molecule has 3 atom stereocenters. The van der Waals surface area contributed by atoms with Crippen LogP contribution in [0.15, 0.2) is 30.3 Å². The summed E-state index contributed by atoms with van der Waals surface area (Å²) in [5.41, 5.74) is 1.03. The van der Waals surface area contributed by atoms with Crippen LogP contribution in [0.4, 0.5) is 0 Å². The molecule has 1 fully saturated rings. The predicted octanol–water partition coefficient (Wildman–Crippen LogP) is 2.61. The molecule has 1 aliphatic carbocycles. The molecular weight excluding hydrogens is 238 g/mol. The van der Waals surface area contributed by atoms with E-state index in [4.69, 9.17) is 4.74 Å². The molecule has 0 aromatic heterocycles. The molecule has 0 saturated heterocycles. The van der Waals surface area contributed by atoms with E-state index >= 15 is 0 Å². The maximum absolute atomic E-state index is 11.8. The number of nitrogens with one attached hydrogen (secondary N) is 1. The third-order valence-corrected chi connectivity index (χ3v) is 3.76. The quantitative estimate of drug-likeness (QED) is 0.767. The largest absolute Gasteiger partial charge is 0.461 e. The van der Waals surface area contributed by atoms with Gasteiger partial charge in [0.05, 0.1) is 5.92 Å². The Morgan fingerprint density at radius 1 is 1.42 bits per heavy atom. The van der Waals surface area contributed by atoms with Crippen molar-refractivity contribution >= 4 is 5.97 Å². The highest BCUT2D eigenvalue weighted by atomic mass is 16.5. The smallest absolute Gasteiger partial charge is 0.310 e. The average molecular weight is 261 g/mol. The van der Waals surface area contributed by atoms with Crippen molar-refractivity contribution in [2.45, 2.75) is 26.9 Å². The number of ether oxygens (including phenoxy) is 1. The Morgan fingerprint density at radius 2 is 2.11 bits per heavy atom. The van der Waals surface area contributed by atoms with Crippen molar-refractivity contribution in [3.63, 3.8) is 0 Å². The third-order valence-electron chi connectivity index (χ3n) is 3.76. The summed E-state index contributed by atoms with van der Waals surface area (Å²) in [4.78, 5) is 11.8. The van der Waals surface area contributed by atoms with Crippen molar-refractivity contribution in [2.24, 2.45) is 17.8 Å². The van der Waals surface area contributed by atoms with Gasteiger partial charge in [0.2, 0.25) is 0 Å². The fourth-order valence-corrected chi connectivity index (χ4v) is 2.12. The molecule has 1 aromatic carbocycles. The maximum Gasteiger partial charge on any atom is 0.310 e. The average Bonchev–Trinajstić information content (AvgIpc) is 3.13. The first-order valence-electron chi connectivity index (χ1n) is 7.08. The fraction of sp³-hybridized carbons (Fsp3) is 0.562. The Morgan fingerprint density at radius 3 is 2.74 bits per heavy atom. The van der Waals surface area contributed by atoms with Crippen molar-refractivity contribution in [2.75, 3.05) is 13.1 Å². The molecule has 0 bridgehead atoms. The minimum atomic E-state index is -0.125. The zero-order chi connectivity index (χ0) is 13.7. The van der Waals surface area contributed by atoms with Gasteiger partial charge in [0.1, 0.15) is 6.61 Å². The van der Waals surface area contributed by atoms with Gasteiger partial charge in [-0.25, -0.2) is 0 Å². The summed E-state index contributed by atoms with van der Waals surface area (Å²) in [6.45, 7) is 6.28. The number of carbonyl (C=O) groups is 1. The Hall–Kier alpha value is -1.35. The summed E-state index contributed by atoms with van der Waals surface area (Å²) in [6.07, 6.45) is 1.32. The molecule has 0 amide bonds. The van der Waals surface area contributed by atoms with E-state index in [1.165, 1.54) is 6.42 Å². The van der Waals surface area contributed by atoms with Crippen LogP contribution in [0, 0.1) is 17.8 Å². The topological polar surface area (TPSA) is 38.3 Å². The first-order valence-corrected chi connectivity index (χ1v) is 7.08. The molecule has 1 aromatic rings. The zero-order valence-electron chi connectivity index (χ0n) is 11.8. The van der Waals surface area contributed by atoms with Crippen LogP contribution >= 0.6 is 0 Å². The molecule has 19 heavy (non-hydrogen) atoms. The minimum Gasteiger partial charge on any atom is -0.461 e. The van der Waals surface area contributed by atoms with Crippen molar-refractivity contribution < 1.29 is 9.53 Å². The molecule has 3 heteroatoms. The number of hydrogen-bond donors (Lipinski definition) is 1. The van der Waals surface area contributed by atoms with E-state index in [1.807, 2.05) is 37.3 Å². The van der Waals surface area contributed by atoms with Gasteiger partial charge in [-0.1, -0.05) is 44.2 Å². The van der Waals surface area contributed by atoms with Crippen molar-refractivity contribution in [3.05, 3.63) is 35.9 Å². The first kappa shape index (κ1) is 14.1. The summed E-state index contributed by atoms with van der Waals surface area (Å²) in [6, 6.07) is 9.78. The van der Waals surface area contributed by atoms with Crippen molar-refractivity contribution in [1.82, 2.24) is 5.32 Å². The lowest BCUT2D eigenvalue weighted by molar-refractivity contribution is -0.149. The lowest BCUT2D eigenvalue weighted by Crippen LogP contribution is -2.29. The molecule has 3 unspecified atom stereocenters. The van der Waals surface area contributed by atoms with E-state index in [-0.39, 0.29) is 11.9 Å². The normalized spacial score (nSPS) is 22.8. The molecule has 3 nitrogen and oxygen atoms in total. The van der Waals surface area contributed by atoms with E-state index < -0.39 is 0 Å². The van der Waals surface area contributed by atoms with Crippen LogP contribution in [0.5, 0.6) is 0 Å². The Bertz CT molecular complexity index is 404. The second-order valence-corrected chi connectivity index (χ2v) is 5.63. The highest BCUT2D eigenvalue weighted by Gasteiger charge is 2.31.